The van der Waals surface area contributed by atoms with Crippen molar-refractivity contribution in [3.8, 4) is 0 Å². The van der Waals surface area contributed by atoms with Crippen LogP contribution in [0.4, 0.5) is 0 Å². The van der Waals surface area contributed by atoms with E-state index < -0.39 is 36.4 Å². The summed E-state index contributed by atoms with van der Waals surface area (Å²) in [5.74, 6) is -0.518. The van der Waals surface area contributed by atoms with Gasteiger partial charge in [0.05, 0.1) is 17.8 Å². The quantitative estimate of drug-likeness (QED) is 0.577. The van der Waals surface area contributed by atoms with Crippen LogP contribution in [-0.2, 0) is 4.74 Å². The Morgan fingerprint density at radius 3 is 2.00 bits per heavy atom. The lowest BCUT2D eigenvalue weighted by atomic mass is 9.78. The number of rotatable bonds is 2. The molecule has 0 spiro atoms. The third-order valence-electron chi connectivity index (χ3n) is 4.78. The van der Waals surface area contributed by atoms with Crippen LogP contribution in [0.3, 0.4) is 0 Å². The van der Waals surface area contributed by atoms with Gasteiger partial charge in [-0.3, -0.25) is 0 Å². The molecule has 2 aliphatic carbocycles. The molecule has 0 aromatic carbocycles. The summed E-state index contributed by atoms with van der Waals surface area (Å²) in [6.45, 7) is 3.65. The van der Waals surface area contributed by atoms with Gasteiger partial charge >= 0.3 is 0 Å². The summed E-state index contributed by atoms with van der Waals surface area (Å²) in [6.07, 6.45) is -0.298. The minimum absolute atomic E-state index is 0.355. The fraction of sp³-hybridized carbons (Fsp3) is 1.00. The lowest BCUT2D eigenvalue weighted by Gasteiger charge is -2.47. The fourth-order valence-electron chi connectivity index (χ4n) is 3.30. The summed E-state index contributed by atoms with van der Waals surface area (Å²) in [6, 6.07) is 0. The van der Waals surface area contributed by atoms with Crippen LogP contribution in [0.25, 0.3) is 0 Å². The zero-order chi connectivity index (χ0) is 14.2. The van der Waals surface area contributed by atoms with E-state index in [0.29, 0.717) is 0 Å². The van der Waals surface area contributed by atoms with Crippen LogP contribution in [-0.4, -0.2) is 56.5 Å². The molecule has 19 heavy (non-hydrogen) atoms. The predicted molar refractivity (Wildman–Crippen MR) is 69.6 cm³/mol. The van der Waals surface area contributed by atoms with Crippen molar-refractivity contribution in [3.05, 3.63) is 0 Å². The second kappa shape index (κ2) is 5.66. The van der Waals surface area contributed by atoms with Crippen molar-refractivity contribution in [1.29, 1.82) is 0 Å². The Balaban J connectivity index is 2.09. The minimum Gasteiger partial charge on any atom is -0.390 e. The Labute approximate surface area is 114 Å². The van der Waals surface area contributed by atoms with Crippen molar-refractivity contribution in [2.24, 2.45) is 5.92 Å². The van der Waals surface area contributed by atoms with Crippen molar-refractivity contribution in [2.75, 3.05) is 0 Å². The molecular weight excluding hydrogens is 248 g/mol. The molecule has 5 heteroatoms. The monoisotopic (exact) mass is 274 g/mol. The molecule has 0 bridgehead atoms. The SMILES string of the molecule is CC1C(O)C(O)C(O)C(OC2(C)CCCCC2)C1O. The summed E-state index contributed by atoms with van der Waals surface area (Å²) in [5, 5.41) is 39.8. The molecule has 0 aromatic heterocycles. The molecule has 0 saturated heterocycles. The molecule has 4 N–H and O–H groups in total. The fourth-order valence-corrected chi connectivity index (χ4v) is 3.30. The second-order valence-corrected chi connectivity index (χ2v) is 6.41. The van der Waals surface area contributed by atoms with Crippen molar-refractivity contribution in [3.63, 3.8) is 0 Å². The van der Waals surface area contributed by atoms with Gasteiger partial charge in [0.25, 0.3) is 0 Å². The van der Waals surface area contributed by atoms with Crippen LogP contribution in [0.1, 0.15) is 46.0 Å². The first kappa shape index (κ1) is 15.2. The molecule has 6 atom stereocenters. The Bertz CT molecular complexity index is 286. The second-order valence-electron chi connectivity index (χ2n) is 6.41. The van der Waals surface area contributed by atoms with Gasteiger partial charge in [-0.25, -0.2) is 0 Å². The smallest absolute Gasteiger partial charge is 0.113 e. The van der Waals surface area contributed by atoms with E-state index in [9.17, 15) is 20.4 Å². The van der Waals surface area contributed by atoms with Crippen LogP contribution < -0.4 is 0 Å². The number of hydrogen-bond donors (Lipinski definition) is 4. The highest BCUT2D eigenvalue weighted by atomic mass is 16.5. The molecular formula is C14H26O5. The number of hydrogen-bond acceptors (Lipinski definition) is 5. The summed E-state index contributed by atoms with van der Waals surface area (Å²) in [5.41, 5.74) is -0.355. The van der Waals surface area contributed by atoms with Crippen molar-refractivity contribution < 1.29 is 25.2 Å². The maximum absolute atomic E-state index is 10.2. The van der Waals surface area contributed by atoms with E-state index in [1.165, 1.54) is 6.42 Å². The van der Waals surface area contributed by atoms with Crippen molar-refractivity contribution in [1.82, 2.24) is 0 Å². The van der Waals surface area contributed by atoms with E-state index in [1.807, 2.05) is 6.92 Å². The maximum atomic E-state index is 10.2. The molecule has 2 fully saturated rings. The van der Waals surface area contributed by atoms with Crippen LogP contribution in [0, 0.1) is 5.92 Å². The van der Waals surface area contributed by atoms with E-state index in [0.717, 1.165) is 25.7 Å². The molecule has 0 aromatic rings. The molecule has 0 radical (unpaired) electrons. The lowest BCUT2D eigenvalue weighted by molar-refractivity contribution is -0.247. The van der Waals surface area contributed by atoms with E-state index in [-0.39, 0.29) is 5.60 Å². The highest BCUT2D eigenvalue weighted by molar-refractivity contribution is 4.99. The molecule has 6 unspecified atom stereocenters. The lowest BCUT2D eigenvalue weighted by Crippen LogP contribution is -2.62. The van der Waals surface area contributed by atoms with Gasteiger partial charge < -0.3 is 25.2 Å². The van der Waals surface area contributed by atoms with E-state index in [4.69, 9.17) is 4.74 Å². The third-order valence-corrected chi connectivity index (χ3v) is 4.78. The topological polar surface area (TPSA) is 90.2 Å². The van der Waals surface area contributed by atoms with E-state index >= 15 is 0 Å². The molecule has 2 rings (SSSR count). The highest BCUT2D eigenvalue weighted by Crippen LogP contribution is 2.36. The third kappa shape index (κ3) is 2.95. The zero-order valence-electron chi connectivity index (χ0n) is 11.7. The van der Waals surface area contributed by atoms with Gasteiger partial charge in [0.2, 0.25) is 0 Å². The number of ether oxygens (including phenoxy) is 1. The van der Waals surface area contributed by atoms with Crippen LogP contribution in [0.2, 0.25) is 0 Å². The first-order valence-electron chi connectivity index (χ1n) is 7.26. The minimum atomic E-state index is -1.27. The van der Waals surface area contributed by atoms with Gasteiger partial charge in [-0.15, -0.1) is 0 Å². The molecule has 0 aliphatic heterocycles. The zero-order valence-corrected chi connectivity index (χ0v) is 11.7. The van der Waals surface area contributed by atoms with Crippen LogP contribution in [0.5, 0.6) is 0 Å². The van der Waals surface area contributed by atoms with Gasteiger partial charge in [-0.2, -0.15) is 0 Å². The molecule has 2 saturated carbocycles. The Hall–Kier alpha value is -0.200. The molecule has 0 amide bonds. The van der Waals surface area contributed by atoms with Gasteiger partial charge in [-0.1, -0.05) is 26.2 Å². The standard InChI is InChI=1S/C14H26O5/c1-8-9(15)11(17)12(18)13(10(8)16)19-14(2)6-4-3-5-7-14/h8-13,15-18H,3-7H2,1-2H3. The summed E-state index contributed by atoms with van der Waals surface area (Å²) in [7, 11) is 0. The average molecular weight is 274 g/mol. The normalized spacial score (nSPS) is 47.1. The van der Waals surface area contributed by atoms with Crippen molar-refractivity contribution in [2.45, 2.75) is 82.1 Å². The largest absolute Gasteiger partial charge is 0.390 e. The Morgan fingerprint density at radius 2 is 1.42 bits per heavy atom. The number of aliphatic hydroxyl groups is 4. The number of aliphatic hydroxyl groups excluding tert-OH is 4. The first-order chi connectivity index (χ1) is 8.86. The first-order valence-corrected chi connectivity index (χ1v) is 7.26. The highest BCUT2D eigenvalue weighted by Gasteiger charge is 2.49. The van der Waals surface area contributed by atoms with Crippen LogP contribution >= 0.6 is 0 Å². The molecule has 112 valence electrons. The maximum Gasteiger partial charge on any atom is 0.113 e. The van der Waals surface area contributed by atoms with Crippen molar-refractivity contribution >= 4 is 0 Å². The Kier molecular flexibility index (Phi) is 4.52. The Morgan fingerprint density at radius 1 is 0.842 bits per heavy atom. The molecule has 0 heterocycles. The molecule has 5 nitrogen and oxygen atoms in total. The summed E-state index contributed by atoms with van der Waals surface area (Å²) < 4.78 is 5.96. The predicted octanol–water partition coefficient (Wildman–Crippen LogP) is 0.188. The molecule has 2 aliphatic rings. The van der Waals surface area contributed by atoms with Crippen LogP contribution in [0.15, 0.2) is 0 Å². The van der Waals surface area contributed by atoms with Gasteiger partial charge in [-0.05, 0) is 19.8 Å². The summed E-state index contributed by atoms with van der Waals surface area (Å²) >= 11 is 0. The van der Waals surface area contributed by atoms with Gasteiger partial charge in [0.1, 0.15) is 18.3 Å². The van der Waals surface area contributed by atoms with E-state index in [2.05, 4.69) is 0 Å². The van der Waals surface area contributed by atoms with Gasteiger partial charge in [0, 0.05) is 5.92 Å². The average Bonchev–Trinajstić information content (AvgIpc) is 2.40. The van der Waals surface area contributed by atoms with E-state index in [1.54, 1.807) is 6.92 Å². The van der Waals surface area contributed by atoms with Gasteiger partial charge in [0.15, 0.2) is 0 Å². The summed E-state index contributed by atoms with van der Waals surface area (Å²) in [4.78, 5) is 0.